The van der Waals surface area contributed by atoms with Gasteiger partial charge in [0.2, 0.25) is 0 Å². The molecule has 1 atom stereocenters. The Morgan fingerprint density at radius 2 is 0.709 bits per heavy atom. The number of thioether (sulfide) groups is 4. The van der Waals surface area contributed by atoms with Gasteiger partial charge in [0.1, 0.15) is 39.6 Å². The maximum absolute atomic E-state index is 12.5. The van der Waals surface area contributed by atoms with Crippen LogP contribution in [0, 0.1) is 10.8 Å². The number of carbonyl (C=O) groups excluding carboxylic acids is 6. The summed E-state index contributed by atoms with van der Waals surface area (Å²) in [6.07, 6.45) is 5.69. The Hall–Kier alpha value is -2.20. The zero-order chi connectivity index (χ0) is 64.1. The summed E-state index contributed by atoms with van der Waals surface area (Å²) in [6.45, 7) is 8.50. The average Bonchev–Trinajstić information content (AvgIpc) is 3.69. The fraction of sp³-hybridized carbons (Fsp3) is 0.679. The molecule has 1 unspecified atom stereocenters. The normalized spacial score (nSPS) is 11.7. The number of para-hydroxylation sites is 2. The molecular weight excluding hydrogens is 1310 g/mol. The second kappa shape index (κ2) is 55.6. The smallest absolute Gasteiger partial charge is 0.306 e. The Morgan fingerprint density at radius 1 is 0.395 bits per heavy atom. The number of benzene rings is 2. The molecule has 0 radical (unpaired) electrons. The number of phenolic OH excluding ortho intramolecular Hbond substituents is 4. The molecule has 0 saturated heterocycles. The first-order valence-electron chi connectivity index (χ1n) is 27.6. The molecule has 0 aliphatic heterocycles. The number of hydrogen-bond acceptors (Lipinski definition) is 30. The van der Waals surface area contributed by atoms with Gasteiger partial charge in [-0.1, -0.05) is 47.6 Å². The fourth-order valence-corrected chi connectivity index (χ4v) is 11.0. The predicted molar refractivity (Wildman–Crippen MR) is 360 cm³/mol. The highest BCUT2D eigenvalue weighted by Crippen LogP contribution is 2.37. The number of thiol groups is 4. The molecule has 4 N–H and O–H groups in total. The van der Waals surface area contributed by atoms with Crippen molar-refractivity contribution in [3.63, 3.8) is 0 Å². The molecular formula is C56H90O20S10. The van der Waals surface area contributed by atoms with E-state index in [4.69, 9.17) is 47.4 Å². The first-order chi connectivity index (χ1) is 41.4. The summed E-state index contributed by atoms with van der Waals surface area (Å²) in [5, 5.41) is 38.9. The van der Waals surface area contributed by atoms with E-state index >= 15 is 0 Å². The zero-order valence-corrected chi connectivity index (χ0v) is 58.1. The molecule has 30 heteroatoms. The van der Waals surface area contributed by atoms with Crippen molar-refractivity contribution in [2.24, 2.45) is 10.8 Å². The molecule has 0 heterocycles. The van der Waals surface area contributed by atoms with Gasteiger partial charge in [-0.05, 0) is 49.6 Å². The second-order valence-electron chi connectivity index (χ2n) is 18.1. The first kappa shape index (κ1) is 83.8. The molecule has 0 saturated carbocycles. The van der Waals surface area contributed by atoms with Crippen molar-refractivity contribution >= 4 is 155 Å². The molecule has 86 heavy (non-hydrogen) atoms. The van der Waals surface area contributed by atoms with Crippen LogP contribution in [-0.4, -0.2) is 219 Å². The van der Waals surface area contributed by atoms with E-state index in [1.54, 1.807) is 57.6 Å². The van der Waals surface area contributed by atoms with Crippen LogP contribution < -0.4 is 0 Å². The van der Waals surface area contributed by atoms with E-state index in [0.717, 1.165) is 29.6 Å². The maximum Gasteiger partial charge on any atom is 0.306 e. The molecule has 0 bridgehead atoms. The zero-order valence-electron chi connectivity index (χ0n) is 49.7. The van der Waals surface area contributed by atoms with Gasteiger partial charge in [-0.25, -0.2) is 0 Å². The van der Waals surface area contributed by atoms with Crippen molar-refractivity contribution in [3.8, 4) is 23.0 Å². The molecule has 0 spiro atoms. The minimum atomic E-state index is -0.880. The van der Waals surface area contributed by atoms with Crippen molar-refractivity contribution in [1.82, 2.24) is 0 Å². The van der Waals surface area contributed by atoms with E-state index in [2.05, 4.69) is 50.5 Å². The molecule has 494 valence electrons. The second-order valence-corrected chi connectivity index (χ2v) is 26.8. The predicted octanol–water partition coefficient (Wildman–Crippen LogP) is 9.65. The Labute approximate surface area is 555 Å². The van der Waals surface area contributed by atoms with Crippen molar-refractivity contribution in [2.45, 2.75) is 75.0 Å². The van der Waals surface area contributed by atoms with Crippen molar-refractivity contribution in [3.05, 3.63) is 36.4 Å². The van der Waals surface area contributed by atoms with Gasteiger partial charge >= 0.3 is 35.8 Å². The van der Waals surface area contributed by atoms with E-state index < -0.39 is 34.7 Å². The third-order valence-electron chi connectivity index (χ3n) is 11.4. The minimum Gasteiger partial charge on any atom is -0.504 e. The molecule has 0 aliphatic rings. The van der Waals surface area contributed by atoms with E-state index in [1.807, 2.05) is 26.4 Å². The van der Waals surface area contributed by atoms with Gasteiger partial charge in [0, 0.05) is 57.5 Å². The van der Waals surface area contributed by atoms with Crippen LogP contribution in [-0.2, 0) is 76.1 Å². The lowest BCUT2D eigenvalue weighted by Crippen LogP contribution is -2.39. The van der Waals surface area contributed by atoms with E-state index in [0.29, 0.717) is 103 Å². The van der Waals surface area contributed by atoms with E-state index in [9.17, 15) is 49.2 Å². The van der Waals surface area contributed by atoms with Crippen molar-refractivity contribution < 1.29 is 96.6 Å². The van der Waals surface area contributed by atoms with Crippen LogP contribution in [0.15, 0.2) is 46.2 Å². The lowest BCUT2D eigenvalue weighted by atomic mass is 9.88. The Balaban J connectivity index is 0.00000149. The highest BCUT2D eigenvalue weighted by molar-refractivity contribution is 8.76. The summed E-state index contributed by atoms with van der Waals surface area (Å²) < 4.78 is 53.7. The first-order valence-corrected chi connectivity index (χ1v) is 37.4. The van der Waals surface area contributed by atoms with Crippen LogP contribution in [0.2, 0.25) is 0 Å². The number of aromatic hydroxyl groups is 4. The van der Waals surface area contributed by atoms with Gasteiger partial charge in [0.25, 0.3) is 0 Å². The fourth-order valence-electron chi connectivity index (χ4n) is 6.06. The SMILES string of the molecule is CCC(COC(=O)CCS)(COC(=O)CCS)COC(=O)CCSc1cccc(O)c1O.CCC(COC(=O)CCSC)(COC(=O)CCSSCCOCCOCCSC)COC(=O)CCSc1cccc(O)c1O.SCCOCCOCCS. The summed E-state index contributed by atoms with van der Waals surface area (Å²) in [4.78, 5) is 73.9. The van der Waals surface area contributed by atoms with Gasteiger partial charge in [-0.2, -0.15) is 74.0 Å². The summed E-state index contributed by atoms with van der Waals surface area (Å²) in [6, 6.07) is 9.21. The number of ether oxygens (including phenoxy) is 10. The van der Waals surface area contributed by atoms with Gasteiger partial charge in [0.15, 0.2) is 23.0 Å². The monoisotopic (exact) mass is 1400 g/mol. The molecule has 2 aromatic rings. The Kier molecular flexibility index (Phi) is 54.2. The summed E-state index contributed by atoms with van der Waals surface area (Å²) in [5.74, 6) is 2.34. The van der Waals surface area contributed by atoms with E-state index in [1.165, 1.54) is 47.4 Å². The van der Waals surface area contributed by atoms with Gasteiger partial charge < -0.3 is 67.8 Å². The molecule has 0 aromatic heterocycles. The van der Waals surface area contributed by atoms with Crippen LogP contribution >= 0.6 is 119 Å². The number of rotatable bonds is 49. The van der Waals surface area contributed by atoms with Crippen molar-refractivity contribution in [1.29, 1.82) is 0 Å². The molecule has 2 aromatic carbocycles. The minimum absolute atomic E-state index is 0.0452. The Morgan fingerprint density at radius 3 is 1.05 bits per heavy atom. The third kappa shape index (κ3) is 43.5. The maximum atomic E-state index is 12.5. The number of carbonyl (C=O) groups is 6. The topological polar surface area (TPSA) is 276 Å². The van der Waals surface area contributed by atoms with Gasteiger partial charge in [-0.15, -0.1) is 23.5 Å². The van der Waals surface area contributed by atoms with Crippen LogP contribution in [0.25, 0.3) is 0 Å². The number of esters is 6. The van der Waals surface area contributed by atoms with Crippen molar-refractivity contribution in [2.75, 3.05) is 163 Å². The largest absolute Gasteiger partial charge is 0.504 e. The molecule has 20 nitrogen and oxygen atoms in total. The standard InChI is InChI=1S/C29H46O10S5.C21H30O8S3.C6H14O2S2/c1-4-29(20-37-25(31)8-15-40-2,21-38-26(32)9-16-42-24-7-5-6-23(30)28(24)34)22-39-27(33)10-17-43-44-19-14-36-12-11-35-13-18-41-3;1-2-21(12-27-17(23)6-9-30,13-28-18(24)7-10-31)14-29-19(25)8-11-32-16-5-3-4-15(22)20(16)26;9-5-3-7-1-2-8-4-6-10/h5-7,30,34H,4,8-22H2,1-3H3;3-5,22,26,30-31H,2,6-14H2,1H3;9-10H,1-6H2. The lowest BCUT2D eigenvalue weighted by Gasteiger charge is -2.31. The summed E-state index contributed by atoms with van der Waals surface area (Å²) in [5.41, 5.74) is -1.75. The molecule has 2 rings (SSSR count). The van der Waals surface area contributed by atoms with Gasteiger partial charge in [0.05, 0.1) is 112 Å². The van der Waals surface area contributed by atoms with Crippen LogP contribution in [0.1, 0.15) is 65.2 Å². The lowest BCUT2D eigenvalue weighted by molar-refractivity contribution is -0.164. The van der Waals surface area contributed by atoms with Crippen LogP contribution in [0.5, 0.6) is 23.0 Å². The average molecular weight is 1400 g/mol. The quantitative estimate of drug-likeness (QED) is 0.00582. The summed E-state index contributed by atoms with van der Waals surface area (Å²) >= 11 is 21.7. The Bertz CT molecular complexity index is 2110. The van der Waals surface area contributed by atoms with Gasteiger partial charge in [-0.3, -0.25) is 28.8 Å². The molecule has 0 aliphatic carbocycles. The highest BCUT2D eigenvalue weighted by Gasteiger charge is 2.35. The number of phenols is 4. The molecule has 0 fully saturated rings. The number of hydrogen-bond donors (Lipinski definition) is 8. The highest BCUT2D eigenvalue weighted by atomic mass is 33.1. The van der Waals surface area contributed by atoms with E-state index in [-0.39, 0.29) is 113 Å². The van der Waals surface area contributed by atoms with Crippen LogP contribution in [0.3, 0.4) is 0 Å². The van der Waals surface area contributed by atoms with Crippen LogP contribution in [0.4, 0.5) is 0 Å². The third-order valence-corrected chi connectivity index (χ3v) is 17.9. The molecule has 0 amide bonds. The summed E-state index contributed by atoms with van der Waals surface area (Å²) in [7, 11) is 3.19.